The molecule has 6 heteroatoms. The molecular formula is C14H17FN4O. The number of ether oxygens (including phenoxy) is 1. The summed E-state index contributed by atoms with van der Waals surface area (Å²) in [6.45, 7) is 2.52. The van der Waals surface area contributed by atoms with E-state index in [9.17, 15) is 4.39 Å². The molecule has 0 radical (unpaired) electrons. The Hall–Kier alpha value is -1.95. The van der Waals surface area contributed by atoms with Crippen molar-refractivity contribution in [2.75, 3.05) is 24.7 Å². The quantitative estimate of drug-likeness (QED) is 0.854. The van der Waals surface area contributed by atoms with Gasteiger partial charge in [-0.2, -0.15) is 5.10 Å². The number of halogens is 1. The molecule has 1 aromatic heterocycles. The summed E-state index contributed by atoms with van der Waals surface area (Å²) in [6, 6.07) is 8.18. The van der Waals surface area contributed by atoms with E-state index in [-0.39, 0.29) is 6.54 Å². The molecule has 106 valence electrons. The van der Waals surface area contributed by atoms with Gasteiger partial charge in [0, 0.05) is 17.8 Å². The maximum Gasteiger partial charge on any atom is 0.146 e. The largest absolute Gasteiger partial charge is 0.375 e. The number of nitrogens with zero attached hydrogens (tertiary/aromatic N) is 4. The van der Waals surface area contributed by atoms with Crippen LogP contribution >= 0.6 is 0 Å². The molecule has 0 aliphatic carbocycles. The summed E-state index contributed by atoms with van der Waals surface area (Å²) in [6.07, 6.45) is 1.48. The van der Waals surface area contributed by atoms with Crippen molar-refractivity contribution in [3.05, 3.63) is 42.0 Å². The predicted octanol–water partition coefficient (Wildman–Crippen LogP) is 1.78. The normalized spacial score (nSPS) is 14.9. The van der Waals surface area contributed by atoms with Gasteiger partial charge in [0.1, 0.15) is 18.8 Å². The Morgan fingerprint density at radius 2 is 2.20 bits per heavy atom. The summed E-state index contributed by atoms with van der Waals surface area (Å²) in [7, 11) is 0. The number of fused-ring (bicyclic) bond motifs is 1. The number of aryl methyl sites for hydroxylation is 1. The Morgan fingerprint density at radius 3 is 3.10 bits per heavy atom. The van der Waals surface area contributed by atoms with E-state index in [2.05, 4.69) is 27.1 Å². The lowest BCUT2D eigenvalue weighted by Gasteiger charge is -2.23. The van der Waals surface area contributed by atoms with E-state index in [0.717, 1.165) is 18.1 Å². The number of hydrogen-bond donors (Lipinski definition) is 0. The second-order valence-corrected chi connectivity index (χ2v) is 4.69. The fourth-order valence-electron chi connectivity index (χ4n) is 2.43. The van der Waals surface area contributed by atoms with Crippen LogP contribution in [0.5, 0.6) is 0 Å². The molecule has 0 unspecified atom stereocenters. The smallest absolute Gasteiger partial charge is 0.146 e. The van der Waals surface area contributed by atoms with Crippen molar-refractivity contribution in [1.82, 2.24) is 14.8 Å². The lowest BCUT2D eigenvalue weighted by atomic mass is 10.1. The predicted molar refractivity (Wildman–Crippen MR) is 73.1 cm³/mol. The fraction of sp³-hybridized carbons (Fsp3) is 0.429. The number of para-hydroxylation sites is 1. The van der Waals surface area contributed by atoms with E-state index >= 15 is 0 Å². The van der Waals surface area contributed by atoms with E-state index in [1.807, 2.05) is 12.1 Å². The maximum atomic E-state index is 12.5. The van der Waals surface area contributed by atoms with Crippen LogP contribution < -0.4 is 4.90 Å². The highest BCUT2D eigenvalue weighted by Crippen LogP contribution is 2.24. The minimum atomic E-state index is -0.434. The minimum absolute atomic E-state index is 0.251. The molecule has 0 N–H and O–H groups in total. The Kier molecular flexibility index (Phi) is 3.92. The summed E-state index contributed by atoms with van der Waals surface area (Å²) in [4.78, 5) is 6.44. The van der Waals surface area contributed by atoms with E-state index in [4.69, 9.17) is 4.74 Å². The SMILES string of the molecule is FCCn1ncnc1CN1CCOCc2ccccc21. The van der Waals surface area contributed by atoms with Gasteiger partial charge in [-0.05, 0) is 6.07 Å². The molecule has 2 heterocycles. The molecule has 0 bridgehead atoms. The third kappa shape index (κ3) is 2.65. The highest BCUT2D eigenvalue weighted by Gasteiger charge is 2.17. The van der Waals surface area contributed by atoms with Crippen molar-refractivity contribution >= 4 is 5.69 Å². The van der Waals surface area contributed by atoms with Crippen molar-refractivity contribution in [1.29, 1.82) is 0 Å². The first-order chi connectivity index (χ1) is 9.88. The number of alkyl halides is 1. The molecule has 0 saturated heterocycles. The van der Waals surface area contributed by atoms with Crippen LogP contribution in [0.1, 0.15) is 11.4 Å². The second kappa shape index (κ2) is 6.00. The van der Waals surface area contributed by atoms with Crippen LogP contribution in [0.25, 0.3) is 0 Å². The van der Waals surface area contributed by atoms with E-state index in [0.29, 0.717) is 19.8 Å². The Labute approximate surface area is 117 Å². The van der Waals surface area contributed by atoms with Gasteiger partial charge in [0.2, 0.25) is 0 Å². The van der Waals surface area contributed by atoms with Crippen molar-refractivity contribution < 1.29 is 9.13 Å². The highest BCUT2D eigenvalue weighted by molar-refractivity contribution is 5.53. The second-order valence-electron chi connectivity index (χ2n) is 4.69. The van der Waals surface area contributed by atoms with Crippen molar-refractivity contribution in [3.8, 4) is 0 Å². The number of aromatic nitrogens is 3. The van der Waals surface area contributed by atoms with Gasteiger partial charge in [-0.25, -0.2) is 14.1 Å². The zero-order valence-electron chi connectivity index (χ0n) is 11.2. The van der Waals surface area contributed by atoms with Crippen LogP contribution in [0.2, 0.25) is 0 Å². The number of rotatable bonds is 4. The number of hydrogen-bond acceptors (Lipinski definition) is 4. The molecule has 5 nitrogen and oxygen atoms in total. The van der Waals surface area contributed by atoms with Crippen LogP contribution in [0.4, 0.5) is 10.1 Å². The average Bonchev–Trinajstić information content (AvgIpc) is 2.80. The van der Waals surface area contributed by atoms with E-state index < -0.39 is 6.67 Å². The summed E-state index contributed by atoms with van der Waals surface area (Å²) in [5.41, 5.74) is 2.32. The molecule has 0 spiro atoms. The number of anilines is 1. The van der Waals surface area contributed by atoms with Crippen LogP contribution in [-0.2, 0) is 24.4 Å². The molecule has 1 aromatic carbocycles. The first kappa shape index (κ1) is 13.1. The summed E-state index contributed by atoms with van der Waals surface area (Å²) in [5.74, 6) is 0.777. The minimum Gasteiger partial charge on any atom is -0.375 e. The van der Waals surface area contributed by atoms with Crippen LogP contribution in [0.3, 0.4) is 0 Å². The topological polar surface area (TPSA) is 43.2 Å². The monoisotopic (exact) mass is 276 g/mol. The van der Waals surface area contributed by atoms with Crippen LogP contribution in [0.15, 0.2) is 30.6 Å². The average molecular weight is 276 g/mol. The Bertz CT molecular complexity index is 572. The molecule has 2 aromatic rings. The maximum absolute atomic E-state index is 12.5. The molecule has 1 aliphatic rings. The van der Waals surface area contributed by atoms with Gasteiger partial charge >= 0.3 is 0 Å². The van der Waals surface area contributed by atoms with Crippen molar-refractivity contribution in [2.24, 2.45) is 0 Å². The lowest BCUT2D eigenvalue weighted by Crippen LogP contribution is -2.27. The van der Waals surface area contributed by atoms with Gasteiger partial charge in [-0.15, -0.1) is 0 Å². The first-order valence-electron chi connectivity index (χ1n) is 6.71. The molecule has 0 fully saturated rings. The fourth-order valence-corrected chi connectivity index (χ4v) is 2.43. The first-order valence-corrected chi connectivity index (χ1v) is 6.71. The molecule has 0 amide bonds. The van der Waals surface area contributed by atoms with Gasteiger partial charge in [0.25, 0.3) is 0 Å². The Morgan fingerprint density at radius 1 is 1.30 bits per heavy atom. The zero-order chi connectivity index (χ0) is 13.8. The summed E-state index contributed by atoms with van der Waals surface area (Å²) in [5, 5.41) is 4.06. The van der Waals surface area contributed by atoms with Crippen molar-refractivity contribution in [2.45, 2.75) is 19.7 Å². The lowest BCUT2D eigenvalue weighted by molar-refractivity contribution is 0.132. The van der Waals surface area contributed by atoms with Gasteiger partial charge < -0.3 is 9.64 Å². The standard InChI is InChI=1S/C14H17FN4O/c15-5-6-19-14(16-11-17-19)9-18-7-8-20-10-12-3-1-2-4-13(12)18/h1-4,11H,5-10H2. The van der Waals surface area contributed by atoms with Crippen LogP contribution in [-0.4, -0.2) is 34.6 Å². The van der Waals surface area contributed by atoms with Crippen molar-refractivity contribution in [3.63, 3.8) is 0 Å². The third-order valence-corrected chi connectivity index (χ3v) is 3.42. The zero-order valence-corrected chi connectivity index (χ0v) is 11.2. The molecule has 20 heavy (non-hydrogen) atoms. The van der Waals surface area contributed by atoms with Gasteiger partial charge in [-0.3, -0.25) is 0 Å². The van der Waals surface area contributed by atoms with E-state index in [1.165, 1.54) is 11.9 Å². The van der Waals surface area contributed by atoms with Crippen LogP contribution in [0, 0.1) is 0 Å². The molecule has 0 saturated carbocycles. The third-order valence-electron chi connectivity index (χ3n) is 3.42. The summed E-state index contributed by atoms with van der Waals surface area (Å²) < 4.78 is 19.7. The molecule has 1 aliphatic heterocycles. The van der Waals surface area contributed by atoms with Gasteiger partial charge in [0.05, 0.1) is 26.3 Å². The Balaban J connectivity index is 1.85. The van der Waals surface area contributed by atoms with E-state index in [1.54, 1.807) is 4.68 Å². The summed E-state index contributed by atoms with van der Waals surface area (Å²) >= 11 is 0. The molecular weight excluding hydrogens is 259 g/mol. The van der Waals surface area contributed by atoms with Gasteiger partial charge in [-0.1, -0.05) is 18.2 Å². The molecule has 0 atom stereocenters. The highest BCUT2D eigenvalue weighted by atomic mass is 19.1. The number of benzene rings is 1. The van der Waals surface area contributed by atoms with Gasteiger partial charge in [0.15, 0.2) is 0 Å². The molecule has 3 rings (SSSR count).